The molecule has 0 saturated carbocycles. The van der Waals surface area contributed by atoms with Crippen LogP contribution in [0, 0.1) is 0 Å². The maximum Gasteiger partial charge on any atom is 0.490 e. The largest absolute Gasteiger partial charge is 0.490 e. The lowest BCUT2D eigenvalue weighted by Gasteiger charge is -2.30. The molecule has 0 aromatic rings. The molecule has 0 bridgehead atoms. The van der Waals surface area contributed by atoms with Crippen molar-refractivity contribution in [2.24, 2.45) is 10.2 Å². The van der Waals surface area contributed by atoms with Crippen molar-refractivity contribution in [1.82, 2.24) is 5.32 Å². The number of azo groups is 1. The summed E-state index contributed by atoms with van der Waals surface area (Å²) < 4.78 is 42.9. The molecule has 3 atom stereocenters. The first-order valence-corrected chi connectivity index (χ1v) is 6.80. The number of ether oxygens (including phenoxy) is 2. The first-order chi connectivity index (χ1) is 10.1. The molecule has 0 radical (unpaired) electrons. The van der Waals surface area contributed by atoms with Gasteiger partial charge < -0.3 is 19.9 Å². The van der Waals surface area contributed by atoms with E-state index in [-0.39, 0.29) is 0 Å². The lowest BCUT2D eigenvalue weighted by atomic mass is 10.0. The number of aliphatic carboxylic acids is 1. The summed E-state index contributed by atoms with van der Waals surface area (Å²) in [5, 5.41) is 18.4. The van der Waals surface area contributed by atoms with Gasteiger partial charge in [0.2, 0.25) is 5.72 Å². The van der Waals surface area contributed by atoms with E-state index in [1.807, 2.05) is 6.92 Å². The summed E-state index contributed by atoms with van der Waals surface area (Å²) in [5.74, 6) is -2.76. The van der Waals surface area contributed by atoms with E-state index in [9.17, 15) is 13.2 Å². The standard InChI is InChI=1S/C10H19N3O2.C2HF3O2/c1-8-5-9(3-4-11-8)14-6-10(2)13-12-7-15-10;3-2(4,5)1(6)7/h8-9,11H,3-7H2,1-2H3;(H,6,7)/t8-,9-,10?;/m0./s1. The number of carboxylic acid groups (broad SMARTS) is 1. The molecule has 7 nitrogen and oxygen atoms in total. The van der Waals surface area contributed by atoms with Gasteiger partial charge in [-0.1, -0.05) is 0 Å². The summed E-state index contributed by atoms with van der Waals surface area (Å²) in [6.07, 6.45) is -2.62. The van der Waals surface area contributed by atoms with Crippen molar-refractivity contribution in [3.05, 3.63) is 0 Å². The van der Waals surface area contributed by atoms with Gasteiger partial charge in [0.25, 0.3) is 0 Å². The molecular weight excluding hydrogens is 307 g/mol. The molecule has 1 fully saturated rings. The van der Waals surface area contributed by atoms with Crippen molar-refractivity contribution in [3.63, 3.8) is 0 Å². The Kier molecular flexibility index (Phi) is 6.69. The Labute approximate surface area is 125 Å². The van der Waals surface area contributed by atoms with Gasteiger partial charge in [0.15, 0.2) is 6.73 Å². The predicted molar refractivity (Wildman–Crippen MR) is 69.3 cm³/mol. The molecule has 1 unspecified atom stereocenters. The van der Waals surface area contributed by atoms with E-state index in [1.165, 1.54) is 0 Å². The van der Waals surface area contributed by atoms with E-state index in [2.05, 4.69) is 22.5 Å². The molecule has 0 aliphatic carbocycles. The molecule has 0 amide bonds. The van der Waals surface area contributed by atoms with E-state index in [1.54, 1.807) is 0 Å². The fraction of sp³-hybridized carbons (Fsp3) is 0.917. The number of alkyl halides is 3. The zero-order valence-corrected chi connectivity index (χ0v) is 12.4. The minimum absolute atomic E-state index is 0.331. The minimum Gasteiger partial charge on any atom is -0.475 e. The van der Waals surface area contributed by atoms with Crippen molar-refractivity contribution in [2.45, 2.75) is 50.7 Å². The average molecular weight is 327 g/mol. The lowest BCUT2D eigenvalue weighted by molar-refractivity contribution is -0.192. The van der Waals surface area contributed by atoms with Gasteiger partial charge in [-0.3, -0.25) is 0 Å². The zero-order chi connectivity index (χ0) is 16.8. The van der Waals surface area contributed by atoms with Crippen LogP contribution in [0.3, 0.4) is 0 Å². The number of rotatable bonds is 3. The van der Waals surface area contributed by atoms with Crippen molar-refractivity contribution < 1.29 is 32.5 Å². The van der Waals surface area contributed by atoms with Crippen LogP contribution >= 0.6 is 0 Å². The summed E-state index contributed by atoms with van der Waals surface area (Å²) >= 11 is 0. The van der Waals surface area contributed by atoms with Gasteiger partial charge >= 0.3 is 12.1 Å². The molecule has 1 saturated heterocycles. The molecular formula is C12H20F3N3O4. The number of nitrogens with one attached hydrogen (secondary N) is 1. The van der Waals surface area contributed by atoms with E-state index >= 15 is 0 Å². The highest BCUT2D eigenvalue weighted by atomic mass is 19.4. The summed E-state index contributed by atoms with van der Waals surface area (Å²) in [6, 6.07) is 0.544. The quantitative estimate of drug-likeness (QED) is 0.826. The number of halogens is 3. The molecule has 10 heteroatoms. The van der Waals surface area contributed by atoms with Gasteiger partial charge in [0.1, 0.15) is 0 Å². The fourth-order valence-electron chi connectivity index (χ4n) is 1.96. The molecule has 2 N–H and O–H groups in total. The molecule has 22 heavy (non-hydrogen) atoms. The number of piperidine rings is 1. The van der Waals surface area contributed by atoms with Crippen LogP contribution in [0.5, 0.6) is 0 Å². The molecule has 0 aromatic heterocycles. The molecule has 2 heterocycles. The summed E-state index contributed by atoms with van der Waals surface area (Å²) in [4.78, 5) is 8.90. The third-order valence-electron chi connectivity index (χ3n) is 3.12. The number of hydrogen-bond donors (Lipinski definition) is 2. The summed E-state index contributed by atoms with van der Waals surface area (Å²) in [6.45, 7) is 6.00. The normalized spacial score (nSPS) is 31.5. The Hall–Kier alpha value is -1.26. The van der Waals surface area contributed by atoms with Gasteiger partial charge in [-0.05, 0) is 33.2 Å². The van der Waals surface area contributed by atoms with E-state index < -0.39 is 17.9 Å². The number of nitrogens with zero attached hydrogens (tertiary/aromatic N) is 2. The monoisotopic (exact) mass is 327 g/mol. The van der Waals surface area contributed by atoms with Crippen LogP contribution in [-0.4, -0.2) is 55.0 Å². The average Bonchev–Trinajstić information content (AvgIpc) is 2.84. The van der Waals surface area contributed by atoms with Gasteiger partial charge in [-0.25, -0.2) is 4.79 Å². The SMILES string of the molecule is C[C@H]1C[C@@H](OCC2(C)N=NCO2)CCN1.O=C(O)C(F)(F)F. The number of carbonyl (C=O) groups is 1. The van der Waals surface area contributed by atoms with Crippen LogP contribution in [0.4, 0.5) is 13.2 Å². The third-order valence-corrected chi connectivity index (χ3v) is 3.12. The lowest BCUT2D eigenvalue weighted by Crippen LogP contribution is -2.41. The molecule has 128 valence electrons. The van der Waals surface area contributed by atoms with Crippen LogP contribution in [0.25, 0.3) is 0 Å². The molecule has 2 aliphatic rings. The van der Waals surface area contributed by atoms with Gasteiger partial charge in [-0.2, -0.15) is 23.4 Å². The molecule has 2 aliphatic heterocycles. The molecule has 2 rings (SSSR count). The van der Waals surface area contributed by atoms with Gasteiger partial charge in [0.05, 0.1) is 12.7 Å². The predicted octanol–water partition coefficient (Wildman–Crippen LogP) is 1.93. The van der Waals surface area contributed by atoms with Crippen molar-refractivity contribution in [2.75, 3.05) is 19.9 Å². The number of carboxylic acids is 1. The number of hydrogen-bond acceptors (Lipinski definition) is 6. The maximum atomic E-state index is 10.6. The first-order valence-electron chi connectivity index (χ1n) is 6.80. The summed E-state index contributed by atoms with van der Waals surface area (Å²) in [7, 11) is 0. The third kappa shape index (κ3) is 6.67. The van der Waals surface area contributed by atoms with E-state index in [4.69, 9.17) is 19.4 Å². The second-order valence-electron chi connectivity index (χ2n) is 5.31. The van der Waals surface area contributed by atoms with E-state index in [0.29, 0.717) is 25.5 Å². The van der Waals surface area contributed by atoms with E-state index in [0.717, 1.165) is 19.4 Å². The van der Waals surface area contributed by atoms with Crippen LogP contribution < -0.4 is 5.32 Å². The smallest absolute Gasteiger partial charge is 0.475 e. The Morgan fingerprint density at radius 1 is 1.55 bits per heavy atom. The highest BCUT2D eigenvalue weighted by Crippen LogP contribution is 2.21. The van der Waals surface area contributed by atoms with Crippen LogP contribution in [0.2, 0.25) is 0 Å². The first kappa shape index (κ1) is 18.8. The Bertz CT molecular complexity index is 406. The van der Waals surface area contributed by atoms with Crippen molar-refractivity contribution in [1.29, 1.82) is 0 Å². The molecule has 0 aromatic carbocycles. The summed E-state index contributed by atoms with van der Waals surface area (Å²) in [5.41, 5.74) is -0.548. The minimum atomic E-state index is -5.08. The topological polar surface area (TPSA) is 92.5 Å². The van der Waals surface area contributed by atoms with Gasteiger partial charge in [0, 0.05) is 6.04 Å². The fourth-order valence-corrected chi connectivity index (χ4v) is 1.96. The van der Waals surface area contributed by atoms with Crippen LogP contribution in [0.1, 0.15) is 26.7 Å². The Morgan fingerprint density at radius 3 is 2.64 bits per heavy atom. The second kappa shape index (κ2) is 7.84. The Morgan fingerprint density at radius 2 is 2.18 bits per heavy atom. The van der Waals surface area contributed by atoms with Crippen LogP contribution in [-0.2, 0) is 14.3 Å². The second-order valence-corrected chi connectivity index (χ2v) is 5.31. The molecule has 0 spiro atoms. The van der Waals surface area contributed by atoms with Crippen molar-refractivity contribution in [3.8, 4) is 0 Å². The van der Waals surface area contributed by atoms with Crippen LogP contribution in [0.15, 0.2) is 10.2 Å². The maximum absolute atomic E-state index is 10.6. The zero-order valence-electron chi connectivity index (χ0n) is 12.4. The van der Waals surface area contributed by atoms with Gasteiger partial charge in [-0.15, -0.1) is 0 Å². The highest BCUT2D eigenvalue weighted by molar-refractivity contribution is 5.73. The Balaban J connectivity index is 0.000000295. The highest BCUT2D eigenvalue weighted by Gasteiger charge is 2.38. The van der Waals surface area contributed by atoms with Crippen molar-refractivity contribution >= 4 is 5.97 Å².